The van der Waals surface area contributed by atoms with E-state index >= 15 is 0 Å². The second-order valence-corrected chi connectivity index (χ2v) is 12.5. The second kappa shape index (κ2) is 12.3. The van der Waals surface area contributed by atoms with Crippen LogP contribution < -0.4 is 0 Å². The fourth-order valence-electron chi connectivity index (χ4n) is 6.91. The van der Waals surface area contributed by atoms with Crippen LogP contribution in [0.5, 0.6) is 0 Å². The lowest BCUT2D eigenvalue weighted by molar-refractivity contribution is 0.855. The third-order valence-corrected chi connectivity index (χ3v) is 9.37. The number of hydrogen-bond donors (Lipinski definition) is 0. The zero-order chi connectivity index (χ0) is 32.6. The van der Waals surface area contributed by atoms with Gasteiger partial charge in [0.15, 0.2) is 17.5 Å². The first-order chi connectivity index (χ1) is 24.3. The van der Waals surface area contributed by atoms with Crippen molar-refractivity contribution < 1.29 is 0 Å². The molecule has 2 heterocycles. The Bertz CT molecular complexity index is 2450. The van der Waals surface area contributed by atoms with Gasteiger partial charge in [0.05, 0.1) is 11.0 Å². The van der Waals surface area contributed by atoms with Crippen LogP contribution in [0.1, 0.15) is 17.9 Å². The fraction of sp³-hybridized carbons (Fsp3) is 0.0444. The summed E-state index contributed by atoms with van der Waals surface area (Å²) in [6, 6.07) is 53.2. The van der Waals surface area contributed by atoms with Gasteiger partial charge in [-0.15, -0.1) is 0 Å². The van der Waals surface area contributed by atoms with Crippen molar-refractivity contribution >= 4 is 21.8 Å². The van der Waals surface area contributed by atoms with Gasteiger partial charge in [-0.2, -0.15) is 0 Å². The highest BCUT2D eigenvalue weighted by atomic mass is 15.0. The molecule has 9 rings (SSSR count). The Balaban J connectivity index is 1.23. The van der Waals surface area contributed by atoms with Gasteiger partial charge in [-0.1, -0.05) is 140 Å². The quantitative estimate of drug-likeness (QED) is 0.184. The summed E-state index contributed by atoms with van der Waals surface area (Å²) in [7, 11) is 0. The van der Waals surface area contributed by atoms with Crippen molar-refractivity contribution in [3.63, 3.8) is 0 Å². The Labute approximate surface area is 285 Å². The molecule has 232 valence electrons. The van der Waals surface area contributed by atoms with E-state index in [1.807, 2.05) is 60.7 Å². The van der Waals surface area contributed by atoms with Crippen molar-refractivity contribution in [1.82, 2.24) is 19.5 Å². The van der Waals surface area contributed by atoms with E-state index in [2.05, 4.69) is 120 Å². The minimum atomic E-state index is 0.370. The van der Waals surface area contributed by atoms with Crippen LogP contribution in [-0.4, -0.2) is 19.5 Å². The van der Waals surface area contributed by atoms with E-state index in [9.17, 15) is 0 Å². The Morgan fingerprint density at radius 1 is 0.449 bits per heavy atom. The SMILES string of the molecule is C1=CCC(c2ccc3c(c2)c2cc(-c4ccccc4)ccc2n3-c2cccc(-c3nc(-c4ccccc4)nc(-c4ccccc4)n3)c2)C=C1. The number of nitrogens with zero attached hydrogens (tertiary/aromatic N) is 4. The van der Waals surface area contributed by atoms with Crippen LogP contribution >= 0.6 is 0 Å². The molecule has 49 heavy (non-hydrogen) atoms. The summed E-state index contributed by atoms with van der Waals surface area (Å²) in [5, 5.41) is 2.48. The lowest BCUT2D eigenvalue weighted by atomic mass is 9.91. The molecule has 0 bridgehead atoms. The molecule has 1 unspecified atom stereocenters. The molecule has 0 aliphatic heterocycles. The zero-order valence-corrected chi connectivity index (χ0v) is 26.8. The molecule has 0 fully saturated rings. The van der Waals surface area contributed by atoms with E-state index in [0.717, 1.165) is 34.3 Å². The number of fused-ring (bicyclic) bond motifs is 3. The van der Waals surface area contributed by atoms with Crippen molar-refractivity contribution in [1.29, 1.82) is 0 Å². The van der Waals surface area contributed by atoms with Crippen LogP contribution in [-0.2, 0) is 0 Å². The van der Waals surface area contributed by atoms with E-state index in [0.29, 0.717) is 23.4 Å². The highest BCUT2D eigenvalue weighted by Crippen LogP contribution is 2.38. The molecular weight excluding hydrogens is 597 g/mol. The molecule has 4 nitrogen and oxygen atoms in total. The largest absolute Gasteiger partial charge is 0.309 e. The maximum absolute atomic E-state index is 5.01. The van der Waals surface area contributed by atoms with Crippen LogP contribution in [0.4, 0.5) is 0 Å². The lowest BCUT2D eigenvalue weighted by Gasteiger charge is -2.14. The molecule has 6 aromatic carbocycles. The molecule has 0 radical (unpaired) electrons. The zero-order valence-electron chi connectivity index (χ0n) is 26.8. The van der Waals surface area contributed by atoms with Crippen LogP contribution in [0.25, 0.3) is 72.8 Å². The molecule has 0 spiro atoms. The van der Waals surface area contributed by atoms with E-state index in [1.54, 1.807) is 0 Å². The Morgan fingerprint density at radius 2 is 1.02 bits per heavy atom. The Hall–Kier alpha value is -6.39. The topological polar surface area (TPSA) is 43.6 Å². The molecule has 0 N–H and O–H groups in total. The van der Waals surface area contributed by atoms with Gasteiger partial charge in [0.25, 0.3) is 0 Å². The maximum Gasteiger partial charge on any atom is 0.164 e. The van der Waals surface area contributed by atoms with Crippen LogP contribution in [0.2, 0.25) is 0 Å². The van der Waals surface area contributed by atoms with Crippen molar-refractivity contribution in [3.8, 4) is 51.0 Å². The van der Waals surface area contributed by atoms with Crippen molar-refractivity contribution in [3.05, 3.63) is 182 Å². The van der Waals surface area contributed by atoms with Crippen molar-refractivity contribution in [2.45, 2.75) is 12.3 Å². The first kappa shape index (κ1) is 28.8. The number of allylic oxidation sites excluding steroid dienone is 4. The lowest BCUT2D eigenvalue weighted by Crippen LogP contribution is -2.01. The molecule has 1 aliphatic rings. The number of aromatic nitrogens is 4. The standard InChI is InChI=1S/C45H32N4/c1-5-14-31(15-6-1)35-24-26-41-39(29-35)40-30-36(32-16-7-2-8-17-32)25-27-42(40)49(41)38-23-13-22-37(28-38)45-47-43(33-18-9-3-10-19-33)46-44(48-45)34-20-11-4-12-21-34/h1-16,18-30,32H,17H2. The smallest absolute Gasteiger partial charge is 0.164 e. The summed E-state index contributed by atoms with van der Waals surface area (Å²) in [6.45, 7) is 0. The number of hydrogen-bond acceptors (Lipinski definition) is 3. The van der Waals surface area contributed by atoms with Gasteiger partial charge in [-0.05, 0) is 59.5 Å². The molecule has 1 atom stereocenters. The average molecular weight is 629 g/mol. The van der Waals surface area contributed by atoms with Crippen LogP contribution in [0, 0.1) is 0 Å². The van der Waals surface area contributed by atoms with E-state index in [-0.39, 0.29) is 0 Å². The molecule has 0 amide bonds. The fourth-order valence-corrected chi connectivity index (χ4v) is 6.91. The van der Waals surface area contributed by atoms with Gasteiger partial charge in [-0.25, -0.2) is 15.0 Å². The monoisotopic (exact) mass is 628 g/mol. The summed E-state index contributed by atoms with van der Waals surface area (Å²) in [5.74, 6) is 2.31. The van der Waals surface area contributed by atoms with Gasteiger partial charge in [0.2, 0.25) is 0 Å². The first-order valence-corrected chi connectivity index (χ1v) is 16.7. The van der Waals surface area contributed by atoms with Gasteiger partial charge in [0, 0.05) is 39.1 Å². The number of rotatable bonds is 6. The summed E-state index contributed by atoms with van der Waals surface area (Å²) in [4.78, 5) is 14.9. The summed E-state index contributed by atoms with van der Waals surface area (Å²) in [6.07, 6.45) is 9.87. The van der Waals surface area contributed by atoms with Crippen molar-refractivity contribution in [2.24, 2.45) is 0 Å². The average Bonchev–Trinajstić information content (AvgIpc) is 3.52. The highest BCUT2D eigenvalue weighted by Gasteiger charge is 2.18. The van der Waals surface area contributed by atoms with Gasteiger partial charge < -0.3 is 4.57 Å². The van der Waals surface area contributed by atoms with E-state index in [4.69, 9.17) is 15.0 Å². The van der Waals surface area contributed by atoms with Crippen LogP contribution in [0.3, 0.4) is 0 Å². The normalized spacial score (nSPS) is 14.1. The minimum Gasteiger partial charge on any atom is -0.309 e. The first-order valence-electron chi connectivity index (χ1n) is 16.7. The second-order valence-electron chi connectivity index (χ2n) is 12.5. The van der Waals surface area contributed by atoms with Crippen molar-refractivity contribution in [2.75, 3.05) is 0 Å². The van der Waals surface area contributed by atoms with E-state index < -0.39 is 0 Å². The predicted octanol–water partition coefficient (Wildman–Crippen LogP) is 11.2. The molecule has 2 aromatic heterocycles. The minimum absolute atomic E-state index is 0.370. The highest BCUT2D eigenvalue weighted by molar-refractivity contribution is 6.10. The molecule has 0 saturated carbocycles. The molecule has 0 saturated heterocycles. The molecular formula is C45H32N4. The third-order valence-electron chi connectivity index (χ3n) is 9.37. The molecule has 4 heteroatoms. The number of benzene rings is 6. The molecule has 1 aliphatic carbocycles. The van der Waals surface area contributed by atoms with Gasteiger partial charge in [0.1, 0.15) is 0 Å². The Morgan fingerprint density at radius 3 is 1.65 bits per heavy atom. The maximum atomic E-state index is 5.01. The van der Waals surface area contributed by atoms with Gasteiger partial charge in [-0.3, -0.25) is 0 Å². The summed E-state index contributed by atoms with van der Waals surface area (Å²) >= 11 is 0. The van der Waals surface area contributed by atoms with E-state index in [1.165, 1.54) is 33.0 Å². The summed E-state index contributed by atoms with van der Waals surface area (Å²) < 4.78 is 2.38. The predicted molar refractivity (Wildman–Crippen MR) is 202 cm³/mol. The van der Waals surface area contributed by atoms with Gasteiger partial charge >= 0.3 is 0 Å². The summed E-state index contributed by atoms with van der Waals surface area (Å²) in [5.41, 5.74) is 9.97. The van der Waals surface area contributed by atoms with Crippen LogP contribution in [0.15, 0.2) is 176 Å². The molecule has 8 aromatic rings. The Kier molecular flexibility index (Phi) is 7.25. The third kappa shape index (κ3) is 5.43.